The van der Waals surface area contributed by atoms with Crippen LogP contribution in [-0.2, 0) is 13.1 Å². The van der Waals surface area contributed by atoms with Crippen molar-refractivity contribution in [1.29, 1.82) is 0 Å². The summed E-state index contributed by atoms with van der Waals surface area (Å²) in [7, 11) is 1.73. The molecule has 3 N–H and O–H groups in total. The lowest BCUT2D eigenvalue weighted by atomic mass is 10.1. The van der Waals surface area contributed by atoms with E-state index in [0.29, 0.717) is 31.2 Å². The molecule has 6 nitrogen and oxygen atoms in total. The minimum Gasteiger partial charge on any atom is -0.494 e. The Morgan fingerprint density at radius 2 is 1.76 bits per heavy atom. The molecule has 0 saturated carbocycles. The molecule has 0 aliphatic rings. The van der Waals surface area contributed by atoms with Gasteiger partial charge in [-0.05, 0) is 51.5 Å². The molecule has 0 spiro atoms. The smallest absolute Gasteiger partial charge is 0.251 e. The van der Waals surface area contributed by atoms with Crippen LogP contribution < -0.4 is 20.7 Å². The average Bonchev–Trinajstić information content (AvgIpc) is 2.68. The molecule has 2 aromatic rings. The maximum Gasteiger partial charge on any atom is 0.251 e. The van der Waals surface area contributed by atoms with E-state index in [1.165, 1.54) is 0 Å². The van der Waals surface area contributed by atoms with Crippen LogP contribution in [0.15, 0.2) is 53.5 Å². The predicted octanol–water partition coefficient (Wildman–Crippen LogP) is 3.48. The molecular formula is C23H32N4O2. The third-order valence-corrected chi connectivity index (χ3v) is 4.08. The highest BCUT2D eigenvalue weighted by atomic mass is 16.5. The molecule has 2 aromatic carbocycles. The lowest BCUT2D eigenvalue weighted by Crippen LogP contribution is -2.40. The highest BCUT2D eigenvalue weighted by Gasteiger charge is 2.15. The predicted molar refractivity (Wildman–Crippen MR) is 118 cm³/mol. The normalized spacial score (nSPS) is 11.7. The summed E-state index contributed by atoms with van der Waals surface area (Å²) < 4.78 is 5.66. The Bertz CT molecular complexity index is 841. The van der Waals surface area contributed by atoms with E-state index in [9.17, 15) is 4.79 Å². The van der Waals surface area contributed by atoms with Crippen molar-refractivity contribution in [3.8, 4) is 5.75 Å². The zero-order valence-electron chi connectivity index (χ0n) is 18.0. The second-order valence-electron chi connectivity index (χ2n) is 7.72. The van der Waals surface area contributed by atoms with Crippen molar-refractivity contribution in [1.82, 2.24) is 16.0 Å². The molecule has 0 heterocycles. The van der Waals surface area contributed by atoms with Crippen molar-refractivity contribution in [2.24, 2.45) is 4.99 Å². The number of hydrogen-bond donors (Lipinski definition) is 3. The monoisotopic (exact) mass is 396 g/mol. The number of guanidine groups is 1. The maximum absolute atomic E-state index is 12.4. The minimum absolute atomic E-state index is 0.0746. The van der Waals surface area contributed by atoms with Crippen molar-refractivity contribution in [2.75, 3.05) is 13.7 Å². The molecule has 29 heavy (non-hydrogen) atoms. The van der Waals surface area contributed by atoms with E-state index in [0.717, 1.165) is 16.9 Å². The lowest BCUT2D eigenvalue weighted by molar-refractivity contribution is 0.0919. The van der Waals surface area contributed by atoms with Gasteiger partial charge < -0.3 is 20.7 Å². The van der Waals surface area contributed by atoms with E-state index >= 15 is 0 Å². The molecular weight excluding hydrogens is 364 g/mol. The van der Waals surface area contributed by atoms with Gasteiger partial charge in [0.1, 0.15) is 5.75 Å². The van der Waals surface area contributed by atoms with Crippen LogP contribution in [0, 0.1) is 0 Å². The van der Waals surface area contributed by atoms with Gasteiger partial charge in [-0.2, -0.15) is 0 Å². The Balaban J connectivity index is 1.94. The van der Waals surface area contributed by atoms with Gasteiger partial charge in [0.25, 0.3) is 5.91 Å². The standard InChI is InChI=1S/C23H32N4O2/c1-6-29-20-13-8-7-11-19(20)16-26-22(24-5)25-15-17-10-9-12-18(14-17)21(28)27-23(2,3)4/h7-14H,6,15-16H2,1-5H3,(H,27,28)(H2,24,25,26). The number of ether oxygens (including phenoxy) is 1. The van der Waals surface area contributed by atoms with E-state index in [1.807, 2.05) is 76.2 Å². The number of amides is 1. The molecule has 0 radical (unpaired) electrons. The van der Waals surface area contributed by atoms with Gasteiger partial charge in [-0.25, -0.2) is 0 Å². The molecule has 6 heteroatoms. The zero-order chi connectivity index (χ0) is 21.3. The van der Waals surface area contributed by atoms with E-state index in [4.69, 9.17) is 4.74 Å². The molecule has 0 aliphatic carbocycles. The first kappa shape index (κ1) is 22.3. The van der Waals surface area contributed by atoms with Crippen LogP contribution in [-0.4, -0.2) is 31.1 Å². The summed E-state index contributed by atoms with van der Waals surface area (Å²) in [4.78, 5) is 16.6. The highest BCUT2D eigenvalue weighted by molar-refractivity contribution is 5.94. The summed E-state index contributed by atoms with van der Waals surface area (Å²) in [5, 5.41) is 9.58. The number of rotatable bonds is 7. The Kier molecular flexibility index (Phi) is 8.07. The minimum atomic E-state index is -0.269. The van der Waals surface area contributed by atoms with E-state index in [2.05, 4.69) is 20.9 Å². The molecule has 2 rings (SSSR count). The summed E-state index contributed by atoms with van der Waals surface area (Å²) in [5.41, 5.74) is 2.45. The van der Waals surface area contributed by atoms with E-state index in [1.54, 1.807) is 7.05 Å². The number of para-hydroxylation sites is 1. The number of nitrogens with one attached hydrogen (secondary N) is 3. The molecule has 0 fully saturated rings. The van der Waals surface area contributed by atoms with Gasteiger partial charge in [0, 0.05) is 36.8 Å². The fourth-order valence-corrected chi connectivity index (χ4v) is 2.77. The largest absolute Gasteiger partial charge is 0.494 e. The fourth-order valence-electron chi connectivity index (χ4n) is 2.77. The van der Waals surface area contributed by atoms with Crippen LogP contribution >= 0.6 is 0 Å². The molecule has 0 saturated heterocycles. The lowest BCUT2D eigenvalue weighted by Gasteiger charge is -2.20. The molecule has 1 amide bonds. The second kappa shape index (κ2) is 10.5. The molecule has 0 aliphatic heterocycles. The summed E-state index contributed by atoms with van der Waals surface area (Å²) >= 11 is 0. The van der Waals surface area contributed by atoms with Crippen LogP contribution in [0.2, 0.25) is 0 Å². The maximum atomic E-state index is 12.4. The first-order valence-corrected chi connectivity index (χ1v) is 9.89. The first-order chi connectivity index (χ1) is 13.8. The Labute approximate surface area is 173 Å². The number of aliphatic imine (C=N–C) groups is 1. The molecule has 0 unspecified atom stereocenters. The topological polar surface area (TPSA) is 74.8 Å². The summed E-state index contributed by atoms with van der Waals surface area (Å²) in [5.74, 6) is 1.48. The van der Waals surface area contributed by atoms with Gasteiger partial charge in [-0.3, -0.25) is 9.79 Å². The summed E-state index contributed by atoms with van der Waals surface area (Å²) in [6, 6.07) is 15.5. The van der Waals surface area contributed by atoms with Gasteiger partial charge in [0.15, 0.2) is 5.96 Å². The van der Waals surface area contributed by atoms with Gasteiger partial charge in [0.05, 0.1) is 6.61 Å². The van der Waals surface area contributed by atoms with E-state index in [-0.39, 0.29) is 11.4 Å². The van der Waals surface area contributed by atoms with Gasteiger partial charge >= 0.3 is 0 Å². The third-order valence-electron chi connectivity index (χ3n) is 4.08. The summed E-state index contributed by atoms with van der Waals surface area (Å²) in [6.07, 6.45) is 0. The third kappa shape index (κ3) is 7.49. The zero-order valence-corrected chi connectivity index (χ0v) is 18.0. The molecule has 0 atom stereocenters. The second-order valence-corrected chi connectivity index (χ2v) is 7.72. The van der Waals surface area contributed by atoms with Crippen LogP contribution in [0.3, 0.4) is 0 Å². The van der Waals surface area contributed by atoms with Gasteiger partial charge in [-0.15, -0.1) is 0 Å². The van der Waals surface area contributed by atoms with Crippen molar-refractivity contribution >= 4 is 11.9 Å². The van der Waals surface area contributed by atoms with Crippen LogP contribution in [0.1, 0.15) is 49.2 Å². The van der Waals surface area contributed by atoms with Crippen molar-refractivity contribution in [3.05, 3.63) is 65.2 Å². The first-order valence-electron chi connectivity index (χ1n) is 9.89. The quantitative estimate of drug-likeness (QED) is 0.495. The fraction of sp³-hybridized carbons (Fsp3) is 0.391. The van der Waals surface area contributed by atoms with Crippen LogP contribution in [0.5, 0.6) is 5.75 Å². The highest BCUT2D eigenvalue weighted by Crippen LogP contribution is 2.17. The average molecular weight is 397 g/mol. The molecule has 156 valence electrons. The number of carbonyl (C=O) groups excluding carboxylic acids is 1. The molecule has 0 aromatic heterocycles. The SMILES string of the molecule is CCOc1ccccc1CNC(=NC)NCc1cccc(C(=O)NC(C)(C)C)c1. The van der Waals surface area contributed by atoms with Crippen molar-refractivity contribution in [2.45, 2.75) is 46.3 Å². The van der Waals surface area contributed by atoms with E-state index < -0.39 is 0 Å². The van der Waals surface area contributed by atoms with Crippen molar-refractivity contribution in [3.63, 3.8) is 0 Å². The van der Waals surface area contributed by atoms with Crippen LogP contribution in [0.25, 0.3) is 0 Å². The van der Waals surface area contributed by atoms with Crippen molar-refractivity contribution < 1.29 is 9.53 Å². The Morgan fingerprint density at radius 1 is 1.03 bits per heavy atom. The van der Waals surface area contributed by atoms with Gasteiger partial charge in [-0.1, -0.05) is 30.3 Å². The number of benzene rings is 2. The van der Waals surface area contributed by atoms with Crippen LogP contribution in [0.4, 0.5) is 0 Å². The Morgan fingerprint density at radius 3 is 2.45 bits per heavy atom. The number of nitrogens with zero attached hydrogens (tertiary/aromatic N) is 1. The van der Waals surface area contributed by atoms with Gasteiger partial charge in [0.2, 0.25) is 0 Å². The molecule has 0 bridgehead atoms. The summed E-state index contributed by atoms with van der Waals surface area (Å²) in [6.45, 7) is 9.66. The number of carbonyl (C=O) groups is 1. The number of hydrogen-bond acceptors (Lipinski definition) is 3. The Hall–Kier alpha value is -3.02.